The molecule has 1 aliphatic carbocycles. The van der Waals surface area contributed by atoms with Crippen LogP contribution in [0.3, 0.4) is 0 Å². The number of hydrogen-bond donors (Lipinski definition) is 2. The number of halogens is 1. The summed E-state index contributed by atoms with van der Waals surface area (Å²) in [5, 5.41) is 3.24. The Labute approximate surface area is 137 Å². The second kappa shape index (κ2) is 7.28. The fourth-order valence-electron chi connectivity index (χ4n) is 2.21. The Morgan fingerprint density at radius 1 is 1.45 bits per heavy atom. The number of nitrogens with one attached hydrogen (secondary N) is 1. The lowest BCUT2D eigenvalue weighted by Crippen LogP contribution is -2.38. The molecule has 0 radical (unpaired) electrons. The number of nitrogens with two attached hydrogens (primary N) is 1. The van der Waals surface area contributed by atoms with Crippen LogP contribution in [0.5, 0.6) is 0 Å². The third-order valence-electron chi connectivity index (χ3n) is 3.38. The molecule has 0 saturated heterocycles. The number of aliphatic imine (C=N–C) groups is 1. The maximum atomic E-state index is 5.86. The van der Waals surface area contributed by atoms with E-state index >= 15 is 0 Å². The van der Waals surface area contributed by atoms with Gasteiger partial charge in [-0.05, 0) is 12.8 Å². The zero-order chi connectivity index (χ0) is 13.9. The molecular weight excluding hydrogens is 367 g/mol. The van der Waals surface area contributed by atoms with Crippen molar-refractivity contribution in [2.45, 2.75) is 64.5 Å². The van der Waals surface area contributed by atoms with E-state index in [1.165, 1.54) is 25.7 Å². The highest BCUT2D eigenvalue weighted by atomic mass is 127. The summed E-state index contributed by atoms with van der Waals surface area (Å²) in [6.45, 7) is 6.67. The molecule has 1 heterocycles. The van der Waals surface area contributed by atoms with Crippen LogP contribution < -0.4 is 11.1 Å². The summed E-state index contributed by atoms with van der Waals surface area (Å²) < 4.78 is 5.67. The minimum atomic E-state index is -0.0252. The van der Waals surface area contributed by atoms with Gasteiger partial charge in [0.15, 0.2) is 5.96 Å². The Hall–Kier alpha value is -0.790. The van der Waals surface area contributed by atoms with Crippen molar-refractivity contribution < 1.29 is 4.42 Å². The van der Waals surface area contributed by atoms with Gasteiger partial charge in [-0.25, -0.2) is 9.98 Å². The number of hydrogen-bond acceptors (Lipinski definition) is 3. The van der Waals surface area contributed by atoms with Gasteiger partial charge in [0.1, 0.15) is 12.3 Å². The maximum absolute atomic E-state index is 5.86. The Balaban J connectivity index is 0.00000200. The van der Waals surface area contributed by atoms with Crippen LogP contribution in [0.25, 0.3) is 0 Å². The van der Waals surface area contributed by atoms with Crippen LogP contribution in [0.2, 0.25) is 0 Å². The van der Waals surface area contributed by atoms with Gasteiger partial charge in [-0.3, -0.25) is 0 Å². The smallest absolute Gasteiger partial charge is 0.216 e. The average molecular weight is 392 g/mol. The van der Waals surface area contributed by atoms with Crippen molar-refractivity contribution in [1.82, 2.24) is 10.3 Å². The number of oxazole rings is 1. The lowest BCUT2D eigenvalue weighted by Gasteiger charge is -2.13. The molecule has 0 unspecified atom stereocenters. The summed E-state index contributed by atoms with van der Waals surface area (Å²) in [6.07, 6.45) is 6.69. The third-order valence-corrected chi connectivity index (χ3v) is 3.38. The predicted molar refractivity (Wildman–Crippen MR) is 91.3 cm³/mol. The zero-order valence-electron chi connectivity index (χ0n) is 12.5. The SMILES string of the molecule is CC(C)(C)c1cnc(CN=C(N)NC2CCCC2)o1.I. The van der Waals surface area contributed by atoms with E-state index in [-0.39, 0.29) is 29.4 Å². The molecule has 0 spiro atoms. The van der Waals surface area contributed by atoms with E-state index in [2.05, 4.69) is 36.1 Å². The van der Waals surface area contributed by atoms with Crippen molar-refractivity contribution in [3.63, 3.8) is 0 Å². The summed E-state index contributed by atoms with van der Waals surface area (Å²) in [6, 6.07) is 0.485. The highest BCUT2D eigenvalue weighted by molar-refractivity contribution is 14.0. The van der Waals surface area contributed by atoms with E-state index in [0.29, 0.717) is 24.4 Å². The summed E-state index contributed by atoms with van der Waals surface area (Å²) in [7, 11) is 0. The van der Waals surface area contributed by atoms with Gasteiger partial charge in [-0.2, -0.15) is 0 Å². The number of aromatic nitrogens is 1. The van der Waals surface area contributed by atoms with Crippen LogP contribution in [0, 0.1) is 0 Å². The first kappa shape index (κ1) is 17.3. The van der Waals surface area contributed by atoms with Crippen molar-refractivity contribution in [2.75, 3.05) is 0 Å². The van der Waals surface area contributed by atoms with Crippen molar-refractivity contribution in [3.05, 3.63) is 17.8 Å². The highest BCUT2D eigenvalue weighted by Gasteiger charge is 2.19. The first-order valence-electron chi connectivity index (χ1n) is 6.97. The van der Waals surface area contributed by atoms with E-state index in [4.69, 9.17) is 10.2 Å². The van der Waals surface area contributed by atoms with Crippen molar-refractivity contribution >= 4 is 29.9 Å². The summed E-state index contributed by atoms with van der Waals surface area (Å²) in [4.78, 5) is 8.51. The topological polar surface area (TPSA) is 76.4 Å². The Morgan fingerprint density at radius 3 is 2.65 bits per heavy atom. The van der Waals surface area contributed by atoms with Gasteiger partial charge in [-0.15, -0.1) is 24.0 Å². The molecule has 5 nitrogen and oxygen atoms in total. The molecule has 0 aromatic carbocycles. The highest BCUT2D eigenvalue weighted by Crippen LogP contribution is 2.22. The molecule has 1 aliphatic rings. The molecule has 2 rings (SSSR count). The van der Waals surface area contributed by atoms with Crippen molar-refractivity contribution in [2.24, 2.45) is 10.7 Å². The third kappa shape index (κ3) is 4.96. The van der Waals surface area contributed by atoms with Gasteiger partial charge in [0, 0.05) is 11.5 Å². The van der Waals surface area contributed by atoms with E-state index in [1.807, 2.05) is 0 Å². The van der Waals surface area contributed by atoms with E-state index in [1.54, 1.807) is 6.20 Å². The Morgan fingerprint density at radius 2 is 2.10 bits per heavy atom. The molecule has 1 aromatic heterocycles. The molecule has 0 atom stereocenters. The van der Waals surface area contributed by atoms with Crippen LogP contribution in [-0.2, 0) is 12.0 Å². The van der Waals surface area contributed by atoms with Crippen LogP contribution in [-0.4, -0.2) is 17.0 Å². The molecule has 1 saturated carbocycles. The quantitative estimate of drug-likeness (QED) is 0.471. The second-order valence-electron chi connectivity index (χ2n) is 6.20. The molecule has 3 N–H and O–H groups in total. The van der Waals surface area contributed by atoms with Crippen molar-refractivity contribution in [1.29, 1.82) is 0 Å². The predicted octanol–water partition coefficient (Wildman–Crippen LogP) is 2.94. The van der Waals surface area contributed by atoms with Gasteiger partial charge < -0.3 is 15.5 Å². The van der Waals surface area contributed by atoms with E-state index < -0.39 is 0 Å². The zero-order valence-corrected chi connectivity index (χ0v) is 14.8. The van der Waals surface area contributed by atoms with E-state index in [9.17, 15) is 0 Å². The van der Waals surface area contributed by atoms with Gasteiger partial charge in [0.25, 0.3) is 0 Å². The maximum Gasteiger partial charge on any atom is 0.216 e. The molecule has 1 aromatic rings. The minimum absolute atomic E-state index is 0. The minimum Gasteiger partial charge on any atom is -0.443 e. The van der Waals surface area contributed by atoms with E-state index in [0.717, 1.165) is 5.76 Å². The normalized spacial score (nSPS) is 17.1. The Kier molecular flexibility index (Phi) is 6.29. The standard InChI is InChI=1S/C14H24N4O.HI/c1-14(2,3)11-8-16-12(19-11)9-17-13(15)18-10-6-4-5-7-10;/h8,10H,4-7,9H2,1-3H3,(H3,15,17,18);1H. The fraction of sp³-hybridized carbons (Fsp3) is 0.714. The second-order valence-corrected chi connectivity index (χ2v) is 6.20. The van der Waals surface area contributed by atoms with Gasteiger partial charge in [0.2, 0.25) is 5.89 Å². The van der Waals surface area contributed by atoms with Crippen LogP contribution in [0.1, 0.15) is 58.1 Å². The summed E-state index contributed by atoms with van der Waals surface area (Å²) in [5.74, 6) is 1.98. The van der Waals surface area contributed by atoms with Gasteiger partial charge in [0.05, 0.1) is 6.20 Å². The number of rotatable bonds is 3. The Bertz CT molecular complexity index is 444. The molecule has 1 fully saturated rings. The number of guanidine groups is 1. The molecule has 0 amide bonds. The van der Waals surface area contributed by atoms with Gasteiger partial charge >= 0.3 is 0 Å². The molecule has 0 aliphatic heterocycles. The summed E-state index contributed by atoms with van der Waals surface area (Å²) in [5.41, 5.74) is 5.84. The van der Waals surface area contributed by atoms with Crippen LogP contribution in [0.15, 0.2) is 15.6 Å². The monoisotopic (exact) mass is 392 g/mol. The first-order valence-corrected chi connectivity index (χ1v) is 6.97. The summed E-state index contributed by atoms with van der Waals surface area (Å²) >= 11 is 0. The number of nitrogens with zero attached hydrogens (tertiary/aromatic N) is 2. The van der Waals surface area contributed by atoms with Gasteiger partial charge in [-0.1, -0.05) is 33.6 Å². The largest absolute Gasteiger partial charge is 0.443 e. The molecule has 20 heavy (non-hydrogen) atoms. The fourth-order valence-corrected chi connectivity index (χ4v) is 2.21. The molecular formula is C14H25IN4O. The average Bonchev–Trinajstić information content (AvgIpc) is 2.95. The van der Waals surface area contributed by atoms with Crippen LogP contribution in [0.4, 0.5) is 0 Å². The molecule has 6 heteroatoms. The lowest BCUT2D eigenvalue weighted by atomic mass is 9.94. The molecule has 114 valence electrons. The molecule has 0 bridgehead atoms. The first-order chi connectivity index (χ1) is 8.95. The van der Waals surface area contributed by atoms with Crippen molar-refractivity contribution in [3.8, 4) is 0 Å². The van der Waals surface area contributed by atoms with Crippen LogP contribution >= 0.6 is 24.0 Å². The lowest BCUT2D eigenvalue weighted by molar-refractivity contribution is 0.383.